The van der Waals surface area contributed by atoms with Gasteiger partial charge in [0.1, 0.15) is 17.2 Å². The molecule has 0 aromatic carbocycles. The van der Waals surface area contributed by atoms with Gasteiger partial charge in [0.15, 0.2) is 0 Å². The van der Waals surface area contributed by atoms with E-state index in [1.54, 1.807) is 6.92 Å². The number of rotatable bonds is 4. The summed E-state index contributed by atoms with van der Waals surface area (Å²) >= 11 is 0. The van der Waals surface area contributed by atoms with Gasteiger partial charge in [-0.05, 0) is 19.1 Å². The number of pyridine rings is 1. The fraction of sp³-hybridized carbons (Fsp3) is 0.308. The first-order valence-electron chi connectivity index (χ1n) is 6.01. The van der Waals surface area contributed by atoms with Crippen molar-refractivity contribution in [2.24, 2.45) is 0 Å². The Bertz CT molecular complexity index is 681. The molecule has 0 aliphatic heterocycles. The van der Waals surface area contributed by atoms with Crippen LogP contribution in [-0.2, 0) is 4.79 Å². The van der Waals surface area contributed by atoms with Crippen LogP contribution in [0.3, 0.4) is 0 Å². The van der Waals surface area contributed by atoms with E-state index in [9.17, 15) is 14.0 Å². The van der Waals surface area contributed by atoms with Crippen LogP contribution in [0.1, 0.15) is 22.6 Å². The lowest BCUT2D eigenvalue weighted by Gasteiger charge is -2.16. The van der Waals surface area contributed by atoms with E-state index < -0.39 is 11.8 Å². The lowest BCUT2D eigenvalue weighted by molar-refractivity contribution is -0.137. The van der Waals surface area contributed by atoms with Crippen LogP contribution in [-0.4, -0.2) is 44.9 Å². The Labute approximate surface area is 114 Å². The molecule has 2 heterocycles. The van der Waals surface area contributed by atoms with Crippen molar-refractivity contribution in [1.29, 1.82) is 0 Å². The molecular weight excluding hydrogens is 265 g/mol. The number of imidazole rings is 1. The molecule has 0 saturated heterocycles. The Morgan fingerprint density at radius 2 is 2.15 bits per heavy atom. The van der Waals surface area contributed by atoms with Crippen LogP contribution >= 0.6 is 0 Å². The lowest BCUT2D eigenvalue weighted by Crippen LogP contribution is -2.30. The van der Waals surface area contributed by atoms with Gasteiger partial charge in [0, 0.05) is 19.8 Å². The van der Waals surface area contributed by atoms with Crippen LogP contribution in [0.15, 0.2) is 18.3 Å². The van der Waals surface area contributed by atoms with Crippen LogP contribution in [0.2, 0.25) is 0 Å². The first kappa shape index (κ1) is 14.0. The third-order valence-corrected chi connectivity index (χ3v) is 2.97. The van der Waals surface area contributed by atoms with Gasteiger partial charge in [-0.1, -0.05) is 0 Å². The molecule has 2 rings (SSSR count). The topological polar surface area (TPSA) is 74.9 Å². The first-order chi connectivity index (χ1) is 9.40. The summed E-state index contributed by atoms with van der Waals surface area (Å²) in [5.74, 6) is -1.84. The molecule has 0 bridgehead atoms. The number of hydrogen-bond donors (Lipinski definition) is 1. The average molecular weight is 279 g/mol. The van der Waals surface area contributed by atoms with Gasteiger partial charge in [-0.3, -0.25) is 14.0 Å². The number of hydrogen-bond acceptors (Lipinski definition) is 3. The predicted octanol–water partition coefficient (Wildman–Crippen LogP) is 1.33. The Morgan fingerprint density at radius 1 is 1.45 bits per heavy atom. The number of nitrogens with zero attached hydrogens (tertiary/aromatic N) is 3. The molecule has 1 amide bonds. The molecule has 106 valence electrons. The van der Waals surface area contributed by atoms with Crippen molar-refractivity contribution < 1.29 is 19.1 Å². The van der Waals surface area contributed by atoms with Crippen molar-refractivity contribution in [3.63, 3.8) is 0 Å². The van der Waals surface area contributed by atoms with Gasteiger partial charge in [-0.25, -0.2) is 9.37 Å². The summed E-state index contributed by atoms with van der Waals surface area (Å²) in [4.78, 5) is 28.3. The Morgan fingerprint density at radius 3 is 2.80 bits per heavy atom. The standard InChI is InChI=1S/C13H14FN3O3/c1-8-12(13(20)16(2)6-5-11(18)19)17-7-9(14)3-4-10(17)15-8/h3-4,7H,5-6H2,1-2H3,(H,18,19). The summed E-state index contributed by atoms with van der Waals surface area (Å²) in [6, 6.07) is 2.75. The molecule has 6 nitrogen and oxygen atoms in total. The fourth-order valence-corrected chi connectivity index (χ4v) is 1.94. The molecular formula is C13H14FN3O3. The summed E-state index contributed by atoms with van der Waals surface area (Å²) < 4.78 is 14.7. The molecule has 0 unspecified atom stereocenters. The molecule has 0 aliphatic rings. The second-order valence-corrected chi connectivity index (χ2v) is 4.49. The second kappa shape index (κ2) is 5.28. The number of carbonyl (C=O) groups is 2. The number of fused-ring (bicyclic) bond motifs is 1. The van der Waals surface area contributed by atoms with E-state index in [1.165, 1.54) is 34.7 Å². The molecule has 0 atom stereocenters. The van der Waals surface area contributed by atoms with Gasteiger partial charge in [0.05, 0.1) is 12.1 Å². The third-order valence-electron chi connectivity index (χ3n) is 2.97. The van der Waals surface area contributed by atoms with Crippen molar-refractivity contribution in [2.45, 2.75) is 13.3 Å². The minimum absolute atomic E-state index is 0.0795. The zero-order valence-electron chi connectivity index (χ0n) is 11.1. The van der Waals surface area contributed by atoms with Gasteiger partial charge in [0.2, 0.25) is 0 Å². The quantitative estimate of drug-likeness (QED) is 0.916. The highest BCUT2D eigenvalue weighted by Crippen LogP contribution is 2.15. The van der Waals surface area contributed by atoms with Crippen LogP contribution in [0, 0.1) is 12.7 Å². The van der Waals surface area contributed by atoms with Crippen LogP contribution in [0.25, 0.3) is 5.65 Å². The fourth-order valence-electron chi connectivity index (χ4n) is 1.94. The van der Waals surface area contributed by atoms with Gasteiger partial charge in [0.25, 0.3) is 5.91 Å². The molecule has 7 heteroatoms. The van der Waals surface area contributed by atoms with Crippen molar-refractivity contribution in [1.82, 2.24) is 14.3 Å². The summed E-state index contributed by atoms with van der Waals surface area (Å²) in [6.45, 7) is 1.74. The highest BCUT2D eigenvalue weighted by atomic mass is 19.1. The summed E-state index contributed by atoms with van der Waals surface area (Å²) in [5.41, 5.74) is 1.19. The predicted molar refractivity (Wildman–Crippen MR) is 69.1 cm³/mol. The molecule has 0 fully saturated rings. The normalized spacial score (nSPS) is 10.8. The maximum Gasteiger partial charge on any atom is 0.305 e. The highest BCUT2D eigenvalue weighted by Gasteiger charge is 2.20. The van der Waals surface area contributed by atoms with Crippen molar-refractivity contribution in [3.05, 3.63) is 35.5 Å². The van der Waals surface area contributed by atoms with Crippen LogP contribution < -0.4 is 0 Å². The Hall–Kier alpha value is -2.44. The summed E-state index contributed by atoms with van der Waals surface area (Å²) in [7, 11) is 1.50. The van der Waals surface area contributed by atoms with E-state index in [4.69, 9.17) is 5.11 Å². The number of aromatic nitrogens is 2. The van der Waals surface area contributed by atoms with Crippen molar-refractivity contribution in [2.75, 3.05) is 13.6 Å². The molecule has 0 spiro atoms. The van der Waals surface area contributed by atoms with Gasteiger partial charge in [-0.15, -0.1) is 0 Å². The maximum atomic E-state index is 13.3. The monoisotopic (exact) mass is 279 g/mol. The molecule has 20 heavy (non-hydrogen) atoms. The van der Waals surface area contributed by atoms with Gasteiger partial charge in [-0.2, -0.15) is 0 Å². The third kappa shape index (κ3) is 2.61. The Kier molecular flexibility index (Phi) is 3.69. The lowest BCUT2D eigenvalue weighted by atomic mass is 10.3. The number of carbonyl (C=O) groups excluding carboxylic acids is 1. The van der Waals surface area contributed by atoms with Crippen LogP contribution in [0.4, 0.5) is 4.39 Å². The second-order valence-electron chi connectivity index (χ2n) is 4.49. The van der Waals surface area contributed by atoms with E-state index in [0.29, 0.717) is 11.3 Å². The minimum Gasteiger partial charge on any atom is -0.481 e. The molecule has 1 N–H and O–H groups in total. The minimum atomic E-state index is -0.981. The molecule has 2 aromatic heterocycles. The van der Waals surface area contributed by atoms with Gasteiger partial charge >= 0.3 is 5.97 Å². The zero-order chi connectivity index (χ0) is 14.9. The zero-order valence-corrected chi connectivity index (χ0v) is 11.1. The number of carboxylic acid groups (broad SMARTS) is 1. The molecule has 0 aliphatic carbocycles. The first-order valence-corrected chi connectivity index (χ1v) is 6.01. The van der Waals surface area contributed by atoms with E-state index in [2.05, 4.69) is 4.98 Å². The SMILES string of the molecule is Cc1nc2ccc(F)cn2c1C(=O)N(C)CCC(=O)O. The number of halogens is 1. The van der Waals surface area contributed by atoms with Crippen LogP contribution in [0.5, 0.6) is 0 Å². The van der Waals surface area contributed by atoms with Crippen molar-refractivity contribution >= 4 is 17.5 Å². The Balaban J connectivity index is 2.36. The summed E-state index contributed by atoms with van der Waals surface area (Å²) in [5, 5.41) is 8.63. The van der Waals surface area contributed by atoms with E-state index >= 15 is 0 Å². The smallest absolute Gasteiger partial charge is 0.305 e. The van der Waals surface area contributed by atoms with E-state index in [-0.39, 0.29) is 24.6 Å². The van der Waals surface area contributed by atoms with E-state index in [1.807, 2.05) is 0 Å². The number of aryl methyl sites for hydroxylation is 1. The molecule has 2 aromatic rings. The largest absolute Gasteiger partial charge is 0.481 e. The van der Waals surface area contributed by atoms with E-state index in [0.717, 1.165) is 0 Å². The summed E-state index contributed by atoms with van der Waals surface area (Å²) in [6.07, 6.45) is 1.04. The average Bonchev–Trinajstić information content (AvgIpc) is 2.70. The van der Waals surface area contributed by atoms with Crippen molar-refractivity contribution in [3.8, 4) is 0 Å². The number of amides is 1. The highest BCUT2D eigenvalue weighted by molar-refractivity contribution is 5.94. The molecule has 0 saturated carbocycles. The molecule has 0 radical (unpaired) electrons. The number of carboxylic acids is 1. The maximum absolute atomic E-state index is 13.3. The van der Waals surface area contributed by atoms with Gasteiger partial charge < -0.3 is 10.0 Å². The number of aliphatic carboxylic acids is 1.